The van der Waals surface area contributed by atoms with Gasteiger partial charge in [-0.25, -0.2) is 4.79 Å². The van der Waals surface area contributed by atoms with Crippen molar-refractivity contribution >= 4 is 19.0 Å². The Kier molecular flexibility index (Phi) is 5.26. The van der Waals surface area contributed by atoms with E-state index in [1.54, 1.807) is 12.1 Å². The van der Waals surface area contributed by atoms with E-state index in [9.17, 15) is 19.7 Å². The number of amides is 1. The van der Waals surface area contributed by atoms with Gasteiger partial charge in [-0.1, -0.05) is 12.1 Å². The Bertz CT molecular complexity index is 662. The van der Waals surface area contributed by atoms with Crippen molar-refractivity contribution in [3.05, 3.63) is 29.3 Å². The summed E-state index contributed by atoms with van der Waals surface area (Å²) in [6, 6.07) is 4.77. The minimum Gasteiger partial charge on any atom is -0.534 e. The lowest BCUT2D eigenvalue weighted by atomic mass is 9.72. The molecule has 25 heavy (non-hydrogen) atoms. The topological polar surface area (TPSA) is 131 Å². The number of aromatic carboxylic acids is 1. The van der Waals surface area contributed by atoms with E-state index in [1.165, 1.54) is 6.07 Å². The van der Waals surface area contributed by atoms with Gasteiger partial charge in [0.2, 0.25) is 5.91 Å². The molecule has 1 fully saturated rings. The van der Waals surface area contributed by atoms with E-state index in [0.29, 0.717) is 18.6 Å². The van der Waals surface area contributed by atoms with Crippen LogP contribution in [0, 0.1) is 0 Å². The second kappa shape index (κ2) is 7.43. The summed E-state index contributed by atoms with van der Waals surface area (Å²) in [6.07, 6.45) is 1.85. The first-order valence-electron chi connectivity index (χ1n) is 8.30. The summed E-state index contributed by atoms with van der Waals surface area (Å²) in [5.41, 5.74) is 6.39. The number of para-hydroxylation sites is 1. The second-order valence-electron chi connectivity index (χ2n) is 6.48. The third kappa shape index (κ3) is 4.12. The van der Waals surface area contributed by atoms with Gasteiger partial charge in [0.1, 0.15) is 5.75 Å². The lowest BCUT2D eigenvalue weighted by Gasteiger charge is -2.30. The van der Waals surface area contributed by atoms with E-state index in [-0.39, 0.29) is 35.8 Å². The number of hydrogen-bond acceptors (Lipinski definition) is 6. The van der Waals surface area contributed by atoms with Gasteiger partial charge in [0.05, 0.1) is 30.6 Å². The SMILES string of the molecule is NC1CCC(CC(=O)NC2Cc3cccc(C(=O)O)c3OB2O)OC1. The number of rotatable bonds is 4. The summed E-state index contributed by atoms with van der Waals surface area (Å²) in [7, 11) is -1.31. The van der Waals surface area contributed by atoms with Crippen LogP contribution in [0.1, 0.15) is 35.2 Å². The highest BCUT2D eigenvalue weighted by Gasteiger charge is 2.38. The molecule has 2 aliphatic rings. The maximum Gasteiger partial charge on any atom is 0.547 e. The first kappa shape index (κ1) is 17.7. The first-order chi connectivity index (χ1) is 11.9. The maximum atomic E-state index is 12.2. The van der Waals surface area contributed by atoms with Crippen LogP contribution in [0.3, 0.4) is 0 Å². The Labute approximate surface area is 145 Å². The van der Waals surface area contributed by atoms with Crippen LogP contribution in [-0.4, -0.2) is 53.8 Å². The van der Waals surface area contributed by atoms with Gasteiger partial charge in [0.25, 0.3) is 0 Å². The molecule has 2 aliphatic heterocycles. The molecule has 0 aromatic heterocycles. The van der Waals surface area contributed by atoms with Crippen molar-refractivity contribution < 1.29 is 29.1 Å². The number of nitrogens with two attached hydrogens (primary N) is 1. The van der Waals surface area contributed by atoms with Gasteiger partial charge < -0.3 is 30.6 Å². The number of benzene rings is 1. The monoisotopic (exact) mass is 348 g/mol. The molecule has 0 saturated carbocycles. The van der Waals surface area contributed by atoms with Crippen molar-refractivity contribution in [2.75, 3.05) is 6.61 Å². The highest BCUT2D eigenvalue weighted by molar-refractivity contribution is 6.47. The van der Waals surface area contributed by atoms with Crippen molar-refractivity contribution in [2.45, 2.75) is 43.8 Å². The number of carbonyl (C=O) groups excluding carboxylic acids is 1. The molecule has 3 atom stereocenters. The molecule has 0 radical (unpaired) electrons. The van der Waals surface area contributed by atoms with Gasteiger partial charge in [-0.15, -0.1) is 0 Å². The lowest BCUT2D eigenvalue weighted by molar-refractivity contribution is -0.125. The molecule has 1 aromatic carbocycles. The number of fused-ring (bicyclic) bond motifs is 1. The van der Waals surface area contributed by atoms with Crippen LogP contribution in [0.2, 0.25) is 0 Å². The molecule has 5 N–H and O–H groups in total. The molecule has 3 unspecified atom stereocenters. The molecular weight excluding hydrogens is 327 g/mol. The second-order valence-corrected chi connectivity index (χ2v) is 6.48. The van der Waals surface area contributed by atoms with Crippen molar-refractivity contribution in [3.8, 4) is 5.75 Å². The summed E-state index contributed by atoms with van der Waals surface area (Å²) in [5.74, 6) is -1.86. The van der Waals surface area contributed by atoms with E-state index in [1.807, 2.05) is 0 Å². The summed E-state index contributed by atoms with van der Waals surface area (Å²) >= 11 is 0. The normalized spacial score (nSPS) is 25.7. The number of carboxylic acids is 1. The Hall–Kier alpha value is -2.10. The molecule has 0 spiro atoms. The van der Waals surface area contributed by atoms with Crippen LogP contribution in [0.4, 0.5) is 0 Å². The molecule has 1 amide bonds. The van der Waals surface area contributed by atoms with Crippen molar-refractivity contribution in [3.63, 3.8) is 0 Å². The number of nitrogens with one attached hydrogen (secondary N) is 1. The zero-order valence-corrected chi connectivity index (χ0v) is 13.7. The van der Waals surface area contributed by atoms with Crippen molar-refractivity contribution in [1.82, 2.24) is 5.32 Å². The summed E-state index contributed by atoms with van der Waals surface area (Å²) < 4.78 is 10.9. The average molecular weight is 348 g/mol. The highest BCUT2D eigenvalue weighted by Crippen LogP contribution is 2.30. The third-order valence-electron chi connectivity index (χ3n) is 4.51. The third-order valence-corrected chi connectivity index (χ3v) is 4.51. The van der Waals surface area contributed by atoms with Crippen LogP contribution < -0.4 is 15.7 Å². The number of carbonyl (C=O) groups is 2. The minimum absolute atomic E-state index is 0.00623. The summed E-state index contributed by atoms with van der Waals surface area (Å²) in [4.78, 5) is 23.4. The molecule has 1 aromatic rings. The fourth-order valence-electron chi connectivity index (χ4n) is 3.18. The zero-order chi connectivity index (χ0) is 18.0. The quantitative estimate of drug-likeness (QED) is 0.551. The molecule has 8 nitrogen and oxygen atoms in total. The number of carboxylic acid groups (broad SMARTS) is 1. The largest absolute Gasteiger partial charge is 0.547 e. The van der Waals surface area contributed by atoms with Crippen LogP contribution in [-0.2, 0) is 16.0 Å². The molecule has 1 saturated heterocycles. The predicted octanol–water partition coefficient (Wildman–Crippen LogP) is -0.279. The van der Waals surface area contributed by atoms with Gasteiger partial charge in [-0.2, -0.15) is 0 Å². The van der Waals surface area contributed by atoms with E-state index in [0.717, 1.165) is 12.8 Å². The maximum absolute atomic E-state index is 12.2. The van der Waals surface area contributed by atoms with Crippen LogP contribution >= 0.6 is 0 Å². The van der Waals surface area contributed by atoms with Crippen molar-refractivity contribution in [1.29, 1.82) is 0 Å². The molecule has 3 rings (SSSR count). The van der Waals surface area contributed by atoms with Gasteiger partial charge in [0.15, 0.2) is 0 Å². The van der Waals surface area contributed by atoms with Gasteiger partial charge in [-0.05, 0) is 30.9 Å². The highest BCUT2D eigenvalue weighted by atomic mass is 16.5. The molecule has 0 bridgehead atoms. The van der Waals surface area contributed by atoms with E-state index in [4.69, 9.17) is 15.1 Å². The molecule has 2 heterocycles. The van der Waals surface area contributed by atoms with Crippen LogP contribution in [0.5, 0.6) is 5.75 Å². The Morgan fingerprint density at radius 3 is 2.84 bits per heavy atom. The number of ether oxygens (including phenoxy) is 1. The lowest BCUT2D eigenvalue weighted by Crippen LogP contribution is -2.53. The van der Waals surface area contributed by atoms with Gasteiger partial charge >= 0.3 is 13.1 Å². The summed E-state index contributed by atoms with van der Waals surface area (Å²) in [5, 5.41) is 22.1. The van der Waals surface area contributed by atoms with E-state index < -0.39 is 19.0 Å². The first-order valence-corrected chi connectivity index (χ1v) is 8.30. The standard InChI is InChI=1S/C16H21BN2O6/c18-10-4-5-11(24-8-10)7-14(20)19-13-6-9-2-1-3-12(16(21)22)15(9)25-17(13)23/h1-3,10-11,13,23H,4-8,18H2,(H,19,20)(H,21,22). The summed E-state index contributed by atoms with van der Waals surface area (Å²) in [6.45, 7) is 0.443. The minimum atomic E-state index is -1.31. The zero-order valence-electron chi connectivity index (χ0n) is 13.7. The fourth-order valence-corrected chi connectivity index (χ4v) is 3.18. The Morgan fingerprint density at radius 1 is 1.36 bits per heavy atom. The van der Waals surface area contributed by atoms with E-state index in [2.05, 4.69) is 5.32 Å². The molecule has 134 valence electrons. The van der Waals surface area contributed by atoms with Gasteiger partial charge in [0, 0.05) is 6.04 Å². The fraction of sp³-hybridized carbons (Fsp3) is 0.500. The molecule has 9 heteroatoms. The van der Waals surface area contributed by atoms with Crippen LogP contribution in [0.15, 0.2) is 18.2 Å². The Morgan fingerprint density at radius 2 is 2.16 bits per heavy atom. The number of hydrogen-bond donors (Lipinski definition) is 4. The van der Waals surface area contributed by atoms with Crippen molar-refractivity contribution in [2.24, 2.45) is 5.73 Å². The smallest absolute Gasteiger partial charge is 0.534 e. The Balaban J connectivity index is 1.61. The average Bonchev–Trinajstić information content (AvgIpc) is 2.57. The van der Waals surface area contributed by atoms with Crippen LogP contribution in [0.25, 0.3) is 0 Å². The molecular formula is C16H21BN2O6. The predicted molar refractivity (Wildman–Crippen MR) is 89.2 cm³/mol. The molecule has 0 aliphatic carbocycles. The van der Waals surface area contributed by atoms with E-state index >= 15 is 0 Å². The van der Waals surface area contributed by atoms with Gasteiger partial charge in [-0.3, -0.25) is 4.79 Å².